The minimum atomic E-state index is -0.363. The van der Waals surface area contributed by atoms with Crippen LogP contribution >= 0.6 is 15.9 Å². The van der Waals surface area contributed by atoms with Crippen molar-refractivity contribution >= 4 is 27.7 Å². The van der Waals surface area contributed by atoms with E-state index in [1.165, 1.54) is 24.3 Å². The Balaban J connectivity index is 1.67. The first kappa shape index (κ1) is 17.6. The minimum absolute atomic E-state index is 0.0302. The van der Waals surface area contributed by atoms with E-state index in [1.807, 2.05) is 12.1 Å². The topological polar surface area (TPSA) is 40.6 Å². The molecule has 1 heterocycles. The Labute approximate surface area is 154 Å². The highest BCUT2D eigenvalue weighted by Gasteiger charge is 2.23. The average Bonchev–Trinajstić information content (AvgIpc) is 2.87. The molecule has 0 saturated carbocycles. The Bertz CT molecular complexity index is 779. The predicted octanol–water partition coefficient (Wildman–Crippen LogP) is 3.58. The van der Waals surface area contributed by atoms with Crippen molar-refractivity contribution < 1.29 is 14.0 Å². The van der Waals surface area contributed by atoms with E-state index in [4.69, 9.17) is 0 Å². The summed E-state index contributed by atoms with van der Waals surface area (Å²) in [4.78, 5) is 28.7. The summed E-state index contributed by atoms with van der Waals surface area (Å²) in [6, 6.07) is 12.9. The largest absolute Gasteiger partial charge is 0.337 e. The van der Waals surface area contributed by atoms with E-state index in [1.54, 1.807) is 21.9 Å². The molecule has 0 unspecified atom stereocenters. The van der Waals surface area contributed by atoms with Gasteiger partial charge in [0.15, 0.2) is 0 Å². The van der Waals surface area contributed by atoms with Crippen molar-refractivity contribution in [3.8, 4) is 0 Å². The van der Waals surface area contributed by atoms with Crippen LogP contribution in [0.1, 0.15) is 27.1 Å². The number of halogens is 2. The molecule has 2 aromatic carbocycles. The van der Waals surface area contributed by atoms with Gasteiger partial charge in [-0.15, -0.1) is 0 Å². The Morgan fingerprint density at radius 3 is 2.04 bits per heavy atom. The summed E-state index contributed by atoms with van der Waals surface area (Å²) in [6.07, 6.45) is 0.715. The molecule has 0 bridgehead atoms. The molecular weight excluding hydrogens is 387 g/mol. The third-order valence-corrected chi connectivity index (χ3v) is 4.73. The summed E-state index contributed by atoms with van der Waals surface area (Å²) in [5, 5.41) is 0. The van der Waals surface area contributed by atoms with Crippen molar-refractivity contribution in [1.29, 1.82) is 0 Å². The molecule has 0 spiro atoms. The van der Waals surface area contributed by atoms with Crippen molar-refractivity contribution in [3.05, 3.63) is 69.9 Å². The van der Waals surface area contributed by atoms with Gasteiger partial charge in [0.2, 0.25) is 0 Å². The Morgan fingerprint density at radius 2 is 1.44 bits per heavy atom. The molecule has 2 amide bonds. The number of nitrogens with zero attached hydrogens (tertiary/aromatic N) is 2. The molecule has 0 atom stereocenters. The quantitative estimate of drug-likeness (QED) is 0.767. The smallest absolute Gasteiger partial charge is 0.253 e. The highest BCUT2D eigenvalue weighted by molar-refractivity contribution is 9.10. The molecule has 3 rings (SSSR count). The number of hydrogen-bond acceptors (Lipinski definition) is 2. The lowest BCUT2D eigenvalue weighted by atomic mass is 10.2. The van der Waals surface area contributed by atoms with E-state index in [9.17, 15) is 14.0 Å². The molecule has 1 aliphatic rings. The highest BCUT2D eigenvalue weighted by atomic mass is 79.9. The second-order valence-electron chi connectivity index (χ2n) is 5.96. The van der Waals surface area contributed by atoms with Gasteiger partial charge in [0.05, 0.1) is 0 Å². The van der Waals surface area contributed by atoms with Gasteiger partial charge in [0, 0.05) is 41.8 Å². The van der Waals surface area contributed by atoms with Crippen molar-refractivity contribution in [1.82, 2.24) is 9.80 Å². The van der Waals surface area contributed by atoms with Crippen molar-refractivity contribution in [2.45, 2.75) is 6.42 Å². The zero-order valence-corrected chi connectivity index (χ0v) is 15.2. The van der Waals surface area contributed by atoms with Gasteiger partial charge < -0.3 is 9.80 Å². The van der Waals surface area contributed by atoms with Gasteiger partial charge in [0.25, 0.3) is 11.8 Å². The Hall–Kier alpha value is -2.21. The van der Waals surface area contributed by atoms with Crippen molar-refractivity contribution in [2.24, 2.45) is 0 Å². The van der Waals surface area contributed by atoms with Crippen LogP contribution in [0, 0.1) is 5.82 Å². The first-order valence-corrected chi connectivity index (χ1v) is 8.93. The summed E-state index contributed by atoms with van der Waals surface area (Å²) in [5.74, 6) is -0.521. The van der Waals surface area contributed by atoms with E-state index >= 15 is 0 Å². The SMILES string of the molecule is O=C(c1ccc(F)cc1)N1CCCN(C(=O)c2cccc(Br)c2)CC1. The number of rotatable bonds is 2. The van der Waals surface area contributed by atoms with E-state index in [-0.39, 0.29) is 17.6 Å². The summed E-state index contributed by atoms with van der Waals surface area (Å²) in [6.45, 7) is 2.14. The lowest BCUT2D eigenvalue weighted by Crippen LogP contribution is -2.37. The van der Waals surface area contributed by atoms with Crippen LogP contribution in [0.5, 0.6) is 0 Å². The maximum absolute atomic E-state index is 13.0. The van der Waals surface area contributed by atoms with Crippen molar-refractivity contribution in [3.63, 3.8) is 0 Å². The number of amides is 2. The standard InChI is InChI=1S/C19H18BrFN2O2/c20-16-4-1-3-15(13-16)19(25)23-10-2-9-22(11-12-23)18(24)14-5-7-17(21)8-6-14/h1,3-8,13H,2,9-12H2. The second-order valence-corrected chi connectivity index (χ2v) is 6.87. The molecule has 1 fully saturated rings. The molecule has 0 aromatic heterocycles. The molecule has 0 aliphatic carbocycles. The number of benzene rings is 2. The molecule has 25 heavy (non-hydrogen) atoms. The molecule has 4 nitrogen and oxygen atoms in total. The predicted molar refractivity (Wildman–Crippen MR) is 97.0 cm³/mol. The molecule has 2 aromatic rings. The van der Waals surface area contributed by atoms with Crippen LogP contribution in [-0.2, 0) is 0 Å². The summed E-state index contributed by atoms with van der Waals surface area (Å²) in [7, 11) is 0. The van der Waals surface area contributed by atoms with Crippen LogP contribution in [0.15, 0.2) is 53.0 Å². The summed E-state index contributed by atoms with van der Waals surface area (Å²) >= 11 is 3.38. The second kappa shape index (κ2) is 7.78. The molecule has 130 valence electrons. The van der Waals surface area contributed by atoms with Crippen LogP contribution in [0.2, 0.25) is 0 Å². The summed E-state index contributed by atoms with van der Waals surface area (Å²) in [5.41, 5.74) is 1.10. The van der Waals surface area contributed by atoms with Crippen LogP contribution < -0.4 is 0 Å². The highest BCUT2D eigenvalue weighted by Crippen LogP contribution is 2.16. The number of carbonyl (C=O) groups excluding carboxylic acids is 2. The van der Waals surface area contributed by atoms with Gasteiger partial charge in [0.1, 0.15) is 5.82 Å². The lowest BCUT2D eigenvalue weighted by molar-refractivity contribution is 0.0718. The summed E-state index contributed by atoms with van der Waals surface area (Å²) < 4.78 is 13.9. The van der Waals surface area contributed by atoms with Crippen molar-refractivity contribution in [2.75, 3.05) is 26.2 Å². The van der Waals surface area contributed by atoms with Crippen LogP contribution in [0.25, 0.3) is 0 Å². The van der Waals surface area contributed by atoms with Gasteiger partial charge in [-0.25, -0.2) is 4.39 Å². The van der Waals surface area contributed by atoms with Gasteiger partial charge in [-0.05, 0) is 48.9 Å². The van der Waals surface area contributed by atoms with E-state index in [2.05, 4.69) is 15.9 Å². The van der Waals surface area contributed by atoms with Gasteiger partial charge in [-0.3, -0.25) is 9.59 Å². The third kappa shape index (κ3) is 4.25. The van der Waals surface area contributed by atoms with Crippen LogP contribution in [0.3, 0.4) is 0 Å². The molecule has 0 radical (unpaired) electrons. The molecule has 6 heteroatoms. The first-order valence-electron chi connectivity index (χ1n) is 8.14. The molecule has 1 saturated heterocycles. The fourth-order valence-electron chi connectivity index (χ4n) is 2.90. The molecule has 0 N–H and O–H groups in total. The minimum Gasteiger partial charge on any atom is -0.337 e. The van der Waals surface area contributed by atoms with E-state index in [0.29, 0.717) is 43.7 Å². The fraction of sp³-hybridized carbons (Fsp3) is 0.263. The Kier molecular flexibility index (Phi) is 5.48. The van der Waals surface area contributed by atoms with E-state index in [0.717, 1.165) is 4.47 Å². The molecule has 1 aliphatic heterocycles. The maximum atomic E-state index is 13.0. The normalized spacial score (nSPS) is 15.0. The number of carbonyl (C=O) groups is 2. The van der Waals surface area contributed by atoms with Crippen LogP contribution in [0.4, 0.5) is 4.39 Å². The van der Waals surface area contributed by atoms with Crippen LogP contribution in [-0.4, -0.2) is 47.8 Å². The van der Waals surface area contributed by atoms with Gasteiger partial charge in [-0.2, -0.15) is 0 Å². The van der Waals surface area contributed by atoms with E-state index < -0.39 is 0 Å². The monoisotopic (exact) mass is 404 g/mol. The zero-order chi connectivity index (χ0) is 17.8. The Morgan fingerprint density at radius 1 is 0.840 bits per heavy atom. The molecular formula is C19H18BrFN2O2. The third-order valence-electron chi connectivity index (χ3n) is 4.23. The first-order chi connectivity index (χ1) is 12.0. The zero-order valence-electron chi connectivity index (χ0n) is 13.6. The lowest BCUT2D eigenvalue weighted by Gasteiger charge is -2.22. The number of hydrogen-bond donors (Lipinski definition) is 0. The van der Waals surface area contributed by atoms with Gasteiger partial charge in [-0.1, -0.05) is 22.0 Å². The van der Waals surface area contributed by atoms with Gasteiger partial charge >= 0.3 is 0 Å². The fourth-order valence-corrected chi connectivity index (χ4v) is 3.30. The average molecular weight is 405 g/mol. The maximum Gasteiger partial charge on any atom is 0.253 e.